The van der Waals surface area contributed by atoms with Crippen molar-refractivity contribution in [2.24, 2.45) is 10.1 Å². The molecule has 5 nitrogen and oxygen atoms in total. The molecule has 29 heavy (non-hydrogen) atoms. The van der Waals surface area contributed by atoms with E-state index in [9.17, 15) is 4.79 Å². The molecule has 1 amide bonds. The zero-order chi connectivity index (χ0) is 20.0. The van der Waals surface area contributed by atoms with Crippen molar-refractivity contribution in [1.29, 1.82) is 0 Å². The van der Waals surface area contributed by atoms with Crippen molar-refractivity contribution >= 4 is 28.7 Å². The average molecular weight is 380 g/mol. The number of carbonyl (C=O) groups is 1. The van der Waals surface area contributed by atoms with Crippen LogP contribution in [0.2, 0.25) is 0 Å². The van der Waals surface area contributed by atoms with Crippen LogP contribution in [0.5, 0.6) is 0 Å². The normalized spacial score (nSPS) is 20.2. The van der Waals surface area contributed by atoms with E-state index in [0.29, 0.717) is 5.71 Å². The number of nitrogens with zero attached hydrogens (tertiary/aromatic N) is 3. The number of hydrogen-bond acceptors (Lipinski definition) is 4. The van der Waals surface area contributed by atoms with Gasteiger partial charge in [0.05, 0.1) is 17.1 Å². The molecule has 0 fully saturated rings. The molecule has 2 aliphatic heterocycles. The number of nitrogens with one attached hydrogen (secondary N) is 1. The van der Waals surface area contributed by atoms with Gasteiger partial charge < -0.3 is 5.32 Å². The number of aliphatic imine (C=N–C) groups is 1. The van der Waals surface area contributed by atoms with E-state index in [-0.39, 0.29) is 5.91 Å². The van der Waals surface area contributed by atoms with E-state index in [4.69, 9.17) is 4.99 Å². The number of para-hydroxylation sites is 1. The summed E-state index contributed by atoms with van der Waals surface area (Å²) in [5.74, 6) is -0.208. The summed E-state index contributed by atoms with van der Waals surface area (Å²) in [5.41, 5.74) is 4.86. The van der Waals surface area contributed by atoms with Gasteiger partial charge in [0.2, 0.25) is 0 Å². The van der Waals surface area contributed by atoms with E-state index in [1.165, 1.54) is 5.01 Å². The van der Waals surface area contributed by atoms with Crippen LogP contribution in [0, 0.1) is 6.92 Å². The first kappa shape index (κ1) is 17.4. The van der Waals surface area contributed by atoms with Gasteiger partial charge in [0, 0.05) is 16.8 Å². The van der Waals surface area contributed by atoms with Gasteiger partial charge in [-0.05, 0) is 38.1 Å². The van der Waals surface area contributed by atoms with Crippen molar-refractivity contribution in [1.82, 2.24) is 0 Å². The lowest BCUT2D eigenvalue weighted by Gasteiger charge is -2.33. The van der Waals surface area contributed by atoms with Crippen LogP contribution >= 0.6 is 0 Å². The minimum Gasteiger partial charge on any atom is -0.348 e. The lowest BCUT2D eigenvalue weighted by Crippen LogP contribution is -2.53. The molecule has 0 bridgehead atoms. The molecule has 0 aromatic heterocycles. The molecule has 1 unspecified atom stereocenters. The highest BCUT2D eigenvalue weighted by Gasteiger charge is 2.52. The van der Waals surface area contributed by atoms with Gasteiger partial charge in [-0.1, -0.05) is 60.2 Å². The van der Waals surface area contributed by atoms with Gasteiger partial charge in [0.25, 0.3) is 5.66 Å². The van der Waals surface area contributed by atoms with Crippen LogP contribution in [0.25, 0.3) is 0 Å². The molecular formula is C24H20N4O. The Hall–Kier alpha value is -3.73. The lowest BCUT2D eigenvalue weighted by atomic mass is 9.92. The fourth-order valence-corrected chi connectivity index (χ4v) is 3.82. The summed E-state index contributed by atoms with van der Waals surface area (Å²) < 4.78 is 0. The summed E-state index contributed by atoms with van der Waals surface area (Å²) in [6.45, 7) is 3.90. The first-order chi connectivity index (χ1) is 14.1. The Morgan fingerprint density at radius 1 is 0.897 bits per heavy atom. The van der Waals surface area contributed by atoms with Gasteiger partial charge in [-0.2, -0.15) is 10.1 Å². The number of fused-ring (bicyclic) bond motifs is 1. The van der Waals surface area contributed by atoms with Crippen LogP contribution in [0.3, 0.4) is 0 Å². The van der Waals surface area contributed by atoms with Crippen LogP contribution in [-0.2, 0) is 4.79 Å². The second kappa shape index (κ2) is 6.41. The Morgan fingerprint density at radius 3 is 2.31 bits per heavy atom. The number of anilines is 2. The summed E-state index contributed by atoms with van der Waals surface area (Å²) in [6, 6.07) is 25.6. The SMILES string of the molecule is CC1=NN(c2ccccc2)C(=O)C12N=C(c1ccccc1)c1cc(C)ccc1N2. The second-order valence-electron chi connectivity index (χ2n) is 7.35. The van der Waals surface area contributed by atoms with Crippen LogP contribution in [0.4, 0.5) is 11.4 Å². The third-order valence-corrected chi connectivity index (χ3v) is 5.35. The van der Waals surface area contributed by atoms with Crippen molar-refractivity contribution in [2.45, 2.75) is 19.5 Å². The molecule has 142 valence electrons. The Labute approximate surface area is 169 Å². The van der Waals surface area contributed by atoms with Gasteiger partial charge in [-0.3, -0.25) is 4.79 Å². The minimum atomic E-state index is -1.25. The Bertz CT molecular complexity index is 1170. The monoisotopic (exact) mass is 380 g/mol. The zero-order valence-electron chi connectivity index (χ0n) is 16.3. The molecule has 0 saturated heterocycles. The van der Waals surface area contributed by atoms with Gasteiger partial charge >= 0.3 is 5.91 Å². The highest BCUT2D eigenvalue weighted by atomic mass is 16.2. The fraction of sp³-hybridized carbons (Fsp3) is 0.125. The average Bonchev–Trinajstić information content (AvgIpc) is 2.99. The first-order valence-electron chi connectivity index (χ1n) is 9.58. The molecular weight excluding hydrogens is 360 g/mol. The molecule has 0 radical (unpaired) electrons. The van der Waals surface area contributed by atoms with Crippen LogP contribution in [-0.4, -0.2) is 23.0 Å². The molecule has 1 atom stereocenters. The second-order valence-corrected chi connectivity index (χ2v) is 7.35. The quantitative estimate of drug-likeness (QED) is 0.717. The van der Waals surface area contributed by atoms with Crippen molar-refractivity contribution in [3.05, 3.63) is 95.6 Å². The maximum Gasteiger partial charge on any atom is 0.302 e. The number of benzene rings is 3. The summed E-state index contributed by atoms with van der Waals surface area (Å²) in [5, 5.41) is 9.39. The van der Waals surface area contributed by atoms with E-state index >= 15 is 0 Å². The predicted octanol–water partition coefficient (Wildman–Crippen LogP) is 4.38. The van der Waals surface area contributed by atoms with Gasteiger partial charge in [0.15, 0.2) is 0 Å². The van der Waals surface area contributed by atoms with E-state index in [1.54, 1.807) is 0 Å². The topological polar surface area (TPSA) is 57.1 Å². The molecule has 2 aliphatic rings. The van der Waals surface area contributed by atoms with Crippen LogP contribution < -0.4 is 10.3 Å². The fourth-order valence-electron chi connectivity index (χ4n) is 3.82. The zero-order valence-corrected chi connectivity index (χ0v) is 16.3. The number of carbonyl (C=O) groups excluding carboxylic acids is 1. The minimum absolute atomic E-state index is 0.208. The Kier molecular flexibility index (Phi) is 3.84. The highest BCUT2D eigenvalue weighted by molar-refractivity contribution is 6.29. The molecule has 0 saturated carbocycles. The van der Waals surface area contributed by atoms with Crippen molar-refractivity contribution in [2.75, 3.05) is 10.3 Å². The smallest absolute Gasteiger partial charge is 0.302 e. The number of rotatable bonds is 2. The maximum atomic E-state index is 13.6. The van der Waals surface area contributed by atoms with E-state index < -0.39 is 5.66 Å². The first-order valence-corrected chi connectivity index (χ1v) is 9.58. The van der Waals surface area contributed by atoms with Gasteiger partial charge in [-0.15, -0.1) is 0 Å². The number of aryl methyl sites for hydroxylation is 1. The molecule has 0 aliphatic carbocycles. The molecule has 2 heterocycles. The van der Waals surface area contributed by atoms with Crippen LogP contribution in [0.1, 0.15) is 23.6 Å². The molecule has 3 aromatic rings. The largest absolute Gasteiger partial charge is 0.348 e. The van der Waals surface area contributed by atoms with Crippen molar-refractivity contribution < 1.29 is 4.79 Å². The van der Waals surface area contributed by atoms with E-state index in [2.05, 4.69) is 23.4 Å². The number of hydrogen-bond donors (Lipinski definition) is 1. The standard InChI is InChI=1S/C24H20N4O/c1-16-13-14-21-20(15-16)22(18-9-5-3-6-10-18)26-24(25-21)17(2)27-28(23(24)29)19-11-7-4-8-12-19/h3-15,25H,1-2H3. The van der Waals surface area contributed by atoms with E-state index in [0.717, 1.165) is 33.8 Å². The summed E-state index contributed by atoms with van der Waals surface area (Å²) in [4.78, 5) is 18.6. The molecule has 1 spiro atoms. The molecule has 5 heteroatoms. The predicted molar refractivity (Wildman–Crippen MR) is 117 cm³/mol. The maximum absolute atomic E-state index is 13.6. The summed E-state index contributed by atoms with van der Waals surface area (Å²) in [6.07, 6.45) is 0. The van der Waals surface area contributed by atoms with Crippen molar-refractivity contribution in [3.8, 4) is 0 Å². The molecule has 5 rings (SSSR count). The molecule has 1 N–H and O–H groups in total. The van der Waals surface area contributed by atoms with Crippen LogP contribution in [0.15, 0.2) is 89.0 Å². The van der Waals surface area contributed by atoms with Crippen molar-refractivity contribution in [3.63, 3.8) is 0 Å². The highest BCUT2D eigenvalue weighted by Crippen LogP contribution is 2.37. The third-order valence-electron chi connectivity index (χ3n) is 5.35. The van der Waals surface area contributed by atoms with Gasteiger partial charge in [0.1, 0.15) is 0 Å². The third kappa shape index (κ3) is 2.66. The van der Waals surface area contributed by atoms with E-state index in [1.807, 2.05) is 79.7 Å². The lowest BCUT2D eigenvalue weighted by molar-refractivity contribution is -0.120. The number of amides is 1. The Morgan fingerprint density at radius 2 is 1.59 bits per heavy atom. The van der Waals surface area contributed by atoms with Gasteiger partial charge in [-0.25, -0.2) is 4.99 Å². The molecule has 3 aromatic carbocycles. The summed E-state index contributed by atoms with van der Waals surface area (Å²) in [7, 11) is 0. The summed E-state index contributed by atoms with van der Waals surface area (Å²) >= 11 is 0. The Balaban J connectivity index is 1.69. The number of hydrazone groups is 1.